The average Bonchev–Trinajstić information content (AvgIpc) is 3.08. The van der Waals surface area contributed by atoms with Crippen LogP contribution in [0.3, 0.4) is 0 Å². The van der Waals surface area contributed by atoms with E-state index in [9.17, 15) is 22.8 Å². The topological polar surface area (TPSA) is 78.9 Å². The molecule has 114 valence electrons. The van der Waals surface area contributed by atoms with Crippen molar-refractivity contribution in [2.75, 3.05) is 19.7 Å². The molecule has 2 N–H and O–H groups in total. The Morgan fingerprint density at radius 2 is 2.05 bits per heavy atom. The molecule has 1 unspecified atom stereocenters. The summed E-state index contributed by atoms with van der Waals surface area (Å²) in [5, 5.41) is 10.7. The number of carbonyl (C=O) groups excluding carboxylic acids is 1. The molecule has 2 amide bonds. The summed E-state index contributed by atoms with van der Waals surface area (Å²) < 4.78 is 43.4. The minimum atomic E-state index is -4.46. The second-order valence-electron chi connectivity index (χ2n) is 5.05. The maximum Gasteiger partial charge on any atom is 0.411 e. The molecule has 0 aromatic carbocycles. The van der Waals surface area contributed by atoms with Crippen molar-refractivity contribution in [2.45, 2.75) is 37.1 Å². The van der Waals surface area contributed by atoms with E-state index in [2.05, 4.69) is 0 Å². The molecule has 1 atom stereocenters. The molecule has 1 aliphatic carbocycles. The highest BCUT2D eigenvalue weighted by molar-refractivity contribution is 5.76. The fraction of sp³-hybridized carbons (Fsp3) is 0.818. The number of carboxylic acids is 1. The van der Waals surface area contributed by atoms with Crippen LogP contribution in [0.4, 0.5) is 18.0 Å². The number of nitrogens with one attached hydrogen (secondary N) is 1. The fourth-order valence-electron chi connectivity index (χ4n) is 2.11. The number of rotatable bonds is 3. The standard InChI is InChI=1S/C11H15F3N2O4/c12-11(13,14)10(1-2-10)15-9(19)16-3-4-20-7(6-16)5-8(17)18/h7H,1-6H2,(H,15,19)(H,17,18). The molecule has 6 nitrogen and oxygen atoms in total. The zero-order chi connectivity index (χ0) is 15.0. The van der Waals surface area contributed by atoms with Gasteiger partial charge in [0.1, 0.15) is 5.54 Å². The quantitative estimate of drug-likeness (QED) is 0.813. The van der Waals surface area contributed by atoms with Crippen molar-refractivity contribution in [1.82, 2.24) is 10.2 Å². The van der Waals surface area contributed by atoms with Gasteiger partial charge in [0.25, 0.3) is 0 Å². The van der Waals surface area contributed by atoms with Gasteiger partial charge in [-0.1, -0.05) is 0 Å². The predicted octanol–water partition coefficient (Wildman–Crippen LogP) is 0.966. The number of alkyl halides is 3. The van der Waals surface area contributed by atoms with Crippen molar-refractivity contribution in [3.05, 3.63) is 0 Å². The van der Waals surface area contributed by atoms with Crippen LogP contribution in [0.2, 0.25) is 0 Å². The van der Waals surface area contributed by atoms with Gasteiger partial charge >= 0.3 is 18.2 Å². The van der Waals surface area contributed by atoms with Crippen LogP contribution >= 0.6 is 0 Å². The van der Waals surface area contributed by atoms with Gasteiger partial charge in [0, 0.05) is 13.1 Å². The van der Waals surface area contributed by atoms with E-state index < -0.39 is 29.8 Å². The Bertz CT molecular complexity index is 409. The molecule has 20 heavy (non-hydrogen) atoms. The Hall–Kier alpha value is -1.51. The average molecular weight is 296 g/mol. The number of hydrogen-bond acceptors (Lipinski definition) is 3. The number of hydrogen-bond donors (Lipinski definition) is 2. The van der Waals surface area contributed by atoms with Crippen LogP contribution in [0.5, 0.6) is 0 Å². The van der Waals surface area contributed by atoms with Crippen molar-refractivity contribution in [1.29, 1.82) is 0 Å². The first-order valence-corrected chi connectivity index (χ1v) is 6.21. The van der Waals surface area contributed by atoms with Crippen molar-refractivity contribution >= 4 is 12.0 Å². The largest absolute Gasteiger partial charge is 0.481 e. The van der Waals surface area contributed by atoms with Gasteiger partial charge in [-0.2, -0.15) is 13.2 Å². The van der Waals surface area contributed by atoms with E-state index in [-0.39, 0.29) is 39.0 Å². The van der Waals surface area contributed by atoms with Crippen LogP contribution in [0.15, 0.2) is 0 Å². The number of amides is 2. The SMILES string of the molecule is O=C(O)CC1CN(C(=O)NC2(C(F)(F)F)CC2)CCO1. The molecule has 0 spiro atoms. The van der Waals surface area contributed by atoms with Crippen molar-refractivity contribution in [3.63, 3.8) is 0 Å². The lowest BCUT2D eigenvalue weighted by Gasteiger charge is -2.34. The molecule has 2 rings (SSSR count). The van der Waals surface area contributed by atoms with E-state index in [4.69, 9.17) is 9.84 Å². The van der Waals surface area contributed by atoms with Crippen molar-refractivity contribution in [3.8, 4) is 0 Å². The summed E-state index contributed by atoms with van der Waals surface area (Å²) in [6.07, 6.45) is -5.67. The fourth-order valence-corrected chi connectivity index (χ4v) is 2.11. The third-order valence-electron chi connectivity index (χ3n) is 3.47. The molecular weight excluding hydrogens is 281 g/mol. The first-order chi connectivity index (χ1) is 9.23. The van der Waals surface area contributed by atoms with E-state index >= 15 is 0 Å². The van der Waals surface area contributed by atoms with E-state index in [0.29, 0.717) is 0 Å². The van der Waals surface area contributed by atoms with Crippen LogP contribution < -0.4 is 5.32 Å². The van der Waals surface area contributed by atoms with Crippen LogP contribution in [0, 0.1) is 0 Å². The first-order valence-electron chi connectivity index (χ1n) is 6.21. The third-order valence-corrected chi connectivity index (χ3v) is 3.47. The number of aliphatic carboxylic acids is 1. The minimum absolute atomic E-state index is 0.0218. The lowest BCUT2D eigenvalue weighted by molar-refractivity contribution is -0.163. The number of urea groups is 1. The molecular formula is C11H15F3N2O4. The van der Waals surface area contributed by atoms with Crippen LogP contribution in [0.1, 0.15) is 19.3 Å². The van der Waals surface area contributed by atoms with Gasteiger partial charge in [-0.25, -0.2) is 4.79 Å². The number of halogens is 3. The smallest absolute Gasteiger partial charge is 0.411 e. The highest BCUT2D eigenvalue weighted by Gasteiger charge is 2.64. The van der Waals surface area contributed by atoms with E-state index in [1.807, 2.05) is 5.32 Å². The van der Waals surface area contributed by atoms with Gasteiger partial charge in [0.05, 0.1) is 19.1 Å². The second-order valence-corrected chi connectivity index (χ2v) is 5.05. The lowest BCUT2D eigenvalue weighted by atomic mass is 10.2. The Morgan fingerprint density at radius 3 is 2.55 bits per heavy atom. The molecule has 2 fully saturated rings. The van der Waals surface area contributed by atoms with Gasteiger partial charge in [0.2, 0.25) is 0 Å². The van der Waals surface area contributed by atoms with E-state index in [1.54, 1.807) is 0 Å². The number of nitrogens with zero attached hydrogens (tertiary/aromatic N) is 1. The number of carbonyl (C=O) groups is 2. The van der Waals surface area contributed by atoms with Crippen LogP contribution in [-0.4, -0.2) is 59.5 Å². The van der Waals surface area contributed by atoms with E-state index in [1.165, 1.54) is 4.90 Å². The maximum atomic E-state index is 12.7. The molecule has 0 radical (unpaired) electrons. The van der Waals surface area contributed by atoms with Crippen LogP contribution in [-0.2, 0) is 9.53 Å². The Kier molecular flexibility index (Phi) is 3.81. The number of morpholine rings is 1. The molecule has 0 aromatic rings. The van der Waals surface area contributed by atoms with Gasteiger partial charge in [0.15, 0.2) is 0 Å². The van der Waals surface area contributed by atoms with Crippen molar-refractivity contribution < 1.29 is 32.6 Å². The Balaban J connectivity index is 1.91. The van der Waals surface area contributed by atoms with Crippen molar-refractivity contribution in [2.24, 2.45) is 0 Å². The molecule has 1 saturated heterocycles. The highest BCUT2D eigenvalue weighted by Crippen LogP contribution is 2.49. The summed E-state index contributed by atoms with van der Waals surface area (Å²) in [4.78, 5) is 23.6. The first kappa shape index (κ1) is 14.9. The summed E-state index contributed by atoms with van der Waals surface area (Å²) >= 11 is 0. The number of carboxylic acid groups (broad SMARTS) is 1. The molecule has 1 aliphatic heterocycles. The number of ether oxygens (including phenoxy) is 1. The molecule has 2 aliphatic rings. The second kappa shape index (κ2) is 5.12. The summed E-state index contributed by atoms with van der Waals surface area (Å²) in [5.41, 5.74) is -2.11. The van der Waals surface area contributed by atoms with Gasteiger partial charge in [-0.15, -0.1) is 0 Å². The zero-order valence-corrected chi connectivity index (χ0v) is 10.6. The van der Waals surface area contributed by atoms with Gasteiger partial charge < -0.3 is 20.1 Å². The Morgan fingerprint density at radius 1 is 1.40 bits per heavy atom. The summed E-state index contributed by atoms with van der Waals surface area (Å²) in [5.74, 6) is -1.08. The van der Waals surface area contributed by atoms with E-state index in [0.717, 1.165) is 0 Å². The molecule has 9 heteroatoms. The lowest BCUT2D eigenvalue weighted by Crippen LogP contribution is -2.56. The molecule has 1 heterocycles. The molecule has 1 saturated carbocycles. The normalized spacial score (nSPS) is 25.1. The molecule has 0 bridgehead atoms. The maximum absolute atomic E-state index is 12.7. The predicted molar refractivity (Wildman–Crippen MR) is 60.1 cm³/mol. The minimum Gasteiger partial charge on any atom is -0.481 e. The molecule has 0 aromatic heterocycles. The highest BCUT2D eigenvalue weighted by atomic mass is 19.4. The summed E-state index contributed by atoms with van der Waals surface area (Å²) in [6, 6.07) is -0.821. The van der Waals surface area contributed by atoms with Gasteiger partial charge in [-0.3, -0.25) is 4.79 Å². The van der Waals surface area contributed by atoms with Gasteiger partial charge in [-0.05, 0) is 12.8 Å². The third kappa shape index (κ3) is 3.14. The summed E-state index contributed by atoms with van der Waals surface area (Å²) in [6.45, 7) is 0.242. The zero-order valence-electron chi connectivity index (χ0n) is 10.6. The Labute approximate surface area is 112 Å². The summed E-state index contributed by atoms with van der Waals surface area (Å²) in [7, 11) is 0. The monoisotopic (exact) mass is 296 g/mol. The van der Waals surface area contributed by atoms with Crippen LogP contribution in [0.25, 0.3) is 0 Å².